The van der Waals surface area contributed by atoms with E-state index in [2.05, 4.69) is 14.1 Å². The minimum absolute atomic E-state index is 0.121. The molecule has 0 atom stereocenters. The van der Waals surface area contributed by atoms with Gasteiger partial charge < -0.3 is 14.6 Å². The highest BCUT2D eigenvalue weighted by atomic mass is 32.2. The number of aliphatic hydroxyl groups is 1. The second kappa shape index (κ2) is 11.0. The highest BCUT2D eigenvalue weighted by Gasteiger charge is 2.45. The Kier molecular flexibility index (Phi) is 7.73. The van der Waals surface area contributed by atoms with E-state index in [9.17, 15) is 36.3 Å². The van der Waals surface area contributed by atoms with Crippen LogP contribution in [0.3, 0.4) is 0 Å². The van der Waals surface area contributed by atoms with Gasteiger partial charge >= 0.3 is 11.9 Å². The van der Waals surface area contributed by atoms with E-state index in [-0.39, 0.29) is 40.3 Å². The van der Waals surface area contributed by atoms with Gasteiger partial charge in [0, 0.05) is 4.90 Å². The molecule has 1 aromatic heterocycles. The molecule has 2 aromatic carbocycles. The number of rotatable bonds is 8. The highest BCUT2D eigenvalue weighted by Crippen LogP contribution is 2.45. The van der Waals surface area contributed by atoms with Gasteiger partial charge in [-0.05, 0) is 62.0 Å². The van der Waals surface area contributed by atoms with Crippen LogP contribution in [0, 0.1) is 0 Å². The van der Waals surface area contributed by atoms with E-state index >= 15 is 0 Å². The molecule has 2 aliphatic heterocycles. The van der Waals surface area contributed by atoms with Gasteiger partial charge in [0.15, 0.2) is 15.2 Å². The molecule has 3 heterocycles. The molecule has 18 heteroatoms. The van der Waals surface area contributed by atoms with Crippen molar-refractivity contribution in [1.29, 1.82) is 0 Å². The fourth-order valence-corrected chi connectivity index (χ4v) is 8.69. The summed E-state index contributed by atoms with van der Waals surface area (Å²) in [5.41, 5.74) is 0.970. The fraction of sp³-hybridized carbons (Fsp3) is 0.208. The summed E-state index contributed by atoms with van der Waals surface area (Å²) in [5.74, 6) is -4.92. The summed E-state index contributed by atoms with van der Waals surface area (Å²) < 4.78 is 67.6. The third-order valence-corrected chi connectivity index (χ3v) is 10.4. The van der Waals surface area contributed by atoms with E-state index < -0.39 is 54.3 Å². The van der Waals surface area contributed by atoms with Crippen molar-refractivity contribution in [3.8, 4) is 0 Å². The van der Waals surface area contributed by atoms with E-state index in [0.29, 0.717) is 15.1 Å². The van der Waals surface area contributed by atoms with Gasteiger partial charge in [-0.1, -0.05) is 11.3 Å². The monoisotopic (exact) mass is 652 g/mol. The molecule has 2 N–H and O–H groups in total. The number of ether oxygens (including phenoxy) is 2. The van der Waals surface area contributed by atoms with Gasteiger partial charge in [-0.2, -0.15) is 8.42 Å². The van der Waals surface area contributed by atoms with Crippen molar-refractivity contribution in [1.82, 2.24) is 4.98 Å². The smallest absolute Gasteiger partial charge is 0.338 e. The first-order chi connectivity index (χ1) is 19.8. The molecule has 0 bridgehead atoms. The third-order valence-electron chi connectivity index (χ3n) is 5.69. The number of aliphatic hydroxyl groups excluding tert-OH is 1. The summed E-state index contributed by atoms with van der Waals surface area (Å²) in [4.78, 5) is 41.6. The van der Waals surface area contributed by atoms with Crippen molar-refractivity contribution in [2.24, 2.45) is 4.40 Å². The molecule has 14 nitrogen and oxygen atoms in total. The summed E-state index contributed by atoms with van der Waals surface area (Å²) >= 11 is 1.70. The maximum absolute atomic E-state index is 13.3. The molecule has 2 aliphatic rings. The van der Waals surface area contributed by atoms with Crippen molar-refractivity contribution in [2.45, 2.75) is 18.7 Å². The summed E-state index contributed by atoms with van der Waals surface area (Å²) in [5, 5.41) is 10.3. The minimum atomic E-state index is -4.80. The molecular formula is C24H20N4O10S4. The van der Waals surface area contributed by atoms with Crippen molar-refractivity contribution >= 4 is 87.2 Å². The van der Waals surface area contributed by atoms with Crippen LogP contribution in [0.2, 0.25) is 0 Å². The van der Waals surface area contributed by atoms with Gasteiger partial charge in [-0.25, -0.2) is 23.0 Å². The molecule has 0 fully saturated rings. The predicted molar refractivity (Wildman–Crippen MR) is 155 cm³/mol. The molecule has 1 amide bonds. The number of nitrogens with zero attached hydrogens (tertiary/aromatic N) is 3. The number of thiazole rings is 1. The van der Waals surface area contributed by atoms with Crippen LogP contribution in [0.4, 0.5) is 10.8 Å². The Morgan fingerprint density at radius 1 is 1.05 bits per heavy atom. The van der Waals surface area contributed by atoms with Crippen molar-refractivity contribution < 1.29 is 45.8 Å². The highest BCUT2D eigenvalue weighted by molar-refractivity contribution is 8.16. The van der Waals surface area contributed by atoms with Crippen LogP contribution < -0.4 is 9.62 Å². The molecule has 0 spiro atoms. The van der Waals surface area contributed by atoms with Crippen LogP contribution in [0.5, 0.6) is 0 Å². The zero-order chi connectivity index (χ0) is 30.4. The molecular weight excluding hydrogens is 633 g/mol. The Morgan fingerprint density at radius 3 is 2.36 bits per heavy atom. The lowest BCUT2D eigenvalue weighted by Crippen LogP contribution is -2.41. The number of aromatic nitrogens is 1. The molecule has 0 aliphatic carbocycles. The quantitative estimate of drug-likeness (QED) is 0.205. The second-order valence-corrected chi connectivity index (χ2v) is 13.9. The Labute approximate surface area is 247 Å². The lowest BCUT2D eigenvalue weighted by molar-refractivity contribution is -0.113. The van der Waals surface area contributed by atoms with Crippen LogP contribution in [0.1, 0.15) is 34.6 Å². The van der Waals surface area contributed by atoms with E-state index in [4.69, 9.17) is 9.47 Å². The van der Waals surface area contributed by atoms with Crippen LogP contribution in [-0.4, -0.2) is 68.9 Å². The largest absolute Gasteiger partial charge is 0.509 e. The number of hydrogen-bond acceptors (Lipinski definition) is 13. The number of fused-ring (bicyclic) bond motifs is 4. The third kappa shape index (κ3) is 5.57. The maximum atomic E-state index is 13.3. The summed E-state index contributed by atoms with van der Waals surface area (Å²) in [7, 11) is -9.28. The van der Waals surface area contributed by atoms with Gasteiger partial charge in [0.05, 0.1) is 40.2 Å². The summed E-state index contributed by atoms with van der Waals surface area (Å²) in [6.45, 7) is 3.61. The van der Waals surface area contributed by atoms with Crippen LogP contribution in [0.15, 0.2) is 56.4 Å². The van der Waals surface area contributed by atoms with Gasteiger partial charge in [0.25, 0.3) is 15.9 Å². The van der Waals surface area contributed by atoms with Crippen LogP contribution in [0.25, 0.3) is 10.2 Å². The number of amidine groups is 1. The van der Waals surface area contributed by atoms with Gasteiger partial charge in [0.2, 0.25) is 10.0 Å². The van der Waals surface area contributed by atoms with E-state index in [1.54, 1.807) is 13.8 Å². The summed E-state index contributed by atoms with van der Waals surface area (Å²) in [6, 6.07) is 8.62. The number of anilines is 2. The molecule has 0 radical (unpaired) electrons. The van der Waals surface area contributed by atoms with Crippen molar-refractivity contribution in [3.05, 3.63) is 58.2 Å². The average Bonchev–Trinajstić information content (AvgIpc) is 3.46. The molecule has 5 rings (SSSR count). The molecule has 0 saturated carbocycles. The van der Waals surface area contributed by atoms with Gasteiger partial charge in [-0.3, -0.25) is 14.4 Å². The Balaban J connectivity index is 1.41. The number of carbonyl (C=O) groups excluding carboxylic acids is 3. The molecule has 220 valence electrons. The zero-order valence-corrected chi connectivity index (χ0v) is 24.9. The van der Waals surface area contributed by atoms with Crippen molar-refractivity contribution in [3.63, 3.8) is 0 Å². The SMILES string of the molecule is CCOC(=O)c1ccc2c(c1)SC1=NS(=O)(=O)/C(=C(/O)CS(=O)(=O)Nc3nc4ccc(C(=O)OCC)cc4s3)C(=O)N12. The van der Waals surface area contributed by atoms with Gasteiger partial charge in [0.1, 0.15) is 11.5 Å². The lowest BCUT2D eigenvalue weighted by atomic mass is 10.2. The lowest BCUT2D eigenvalue weighted by Gasteiger charge is -2.23. The average molecular weight is 653 g/mol. The Bertz CT molecular complexity index is 1950. The first-order valence-electron chi connectivity index (χ1n) is 12.0. The van der Waals surface area contributed by atoms with Crippen LogP contribution >= 0.6 is 23.1 Å². The minimum Gasteiger partial charge on any atom is -0.509 e. The van der Waals surface area contributed by atoms with Gasteiger partial charge in [-0.15, -0.1) is 4.40 Å². The maximum Gasteiger partial charge on any atom is 0.338 e. The number of thioether (sulfide) groups is 1. The molecule has 0 unspecified atom stereocenters. The van der Waals surface area contributed by atoms with Crippen LogP contribution in [-0.2, 0) is 34.3 Å². The van der Waals surface area contributed by atoms with E-state index in [1.807, 2.05) is 0 Å². The van der Waals surface area contributed by atoms with Crippen molar-refractivity contribution in [2.75, 3.05) is 28.6 Å². The molecule has 3 aromatic rings. The topological polar surface area (TPSA) is 199 Å². The molecule has 42 heavy (non-hydrogen) atoms. The number of amides is 1. The normalized spacial score (nSPS) is 16.9. The first-order valence-corrected chi connectivity index (χ1v) is 16.7. The molecule has 0 saturated heterocycles. The standard InChI is InChI=1S/C24H20N4O10S4/c1-3-37-21(31)12-5-7-14-17(9-12)39-23(25-14)26-41(33,34)11-16(29)19-20(30)28-15-8-6-13(22(32)38-4-2)10-18(15)40-24(28)27-42(19,35)36/h5-10,29H,3-4,11H2,1-2H3,(H,25,26)/b19-16+. The second-order valence-electron chi connectivity index (χ2n) is 8.55. The summed E-state index contributed by atoms with van der Waals surface area (Å²) in [6.07, 6.45) is 0. The Morgan fingerprint density at radius 2 is 1.69 bits per heavy atom. The Hall–Kier alpha value is -4.00. The number of nitrogens with one attached hydrogen (secondary N) is 1. The number of sulfonamides is 2. The predicted octanol–water partition coefficient (Wildman–Crippen LogP) is 3.00. The number of hydrogen-bond donors (Lipinski definition) is 2. The zero-order valence-electron chi connectivity index (χ0n) is 21.7. The number of carbonyl (C=O) groups is 3. The number of esters is 2. The fourth-order valence-electron chi connectivity index (χ4n) is 3.98. The number of benzene rings is 2. The van der Waals surface area contributed by atoms with E-state index in [1.165, 1.54) is 36.4 Å². The van der Waals surface area contributed by atoms with E-state index in [0.717, 1.165) is 28.0 Å². The first kappa shape index (κ1) is 29.5.